The van der Waals surface area contributed by atoms with E-state index in [0.717, 1.165) is 11.1 Å². The zero-order chi connectivity index (χ0) is 15.3. The van der Waals surface area contributed by atoms with E-state index < -0.39 is 17.7 Å². The van der Waals surface area contributed by atoms with E-state index in [1.165, 1.54) is 31.2 Å². The predicted octanol–water partition coefficient (Wildman–Crippen LogP) is 2.83. The Hall–Kier alpha value is -2.20. The minimum Gasteiger partial charge on any atom is -0.462 e. The first-order valence-corrected chi connectivity index (χ1v) is 6.65. The fraction of sp³-hybridized carbons (Fsp3) is 0.235. The molecule has 1 aliphatic rings. The smallest absolute Gasteiger partial charge is 0.302 e. The van der Waals surface area contributed by atoms with Crippen LogP contribution in [-0.2, 0) is 9.53 Å². The molecular formula is C17H17FO3. The van der Waals surface area contributed by atoms with Crippen LogP contribution in [0.5, 0.6) is 0 Å². The lowest BCUT2D eigenvalue weighted by Crippen LogP contribution is -2.36. The molecule has 1 aromatic rings. The second kappa shape index (κ2) is 6.50. The highest BCUT2D eigenvalue weighted by Gasteiger charge is 2.33. The molecule has 21 heavy (non-hydrogen) atoms. The quantitative estimate of drug-likeness (QED) is 0.684. The van der Waals surface area contributed by atoms with Gasteiger partial charge in [0.25, 0.3) is 0 Å². The third-order valence-electron chi connectivity index (χ3n) is 3.17. The topological polar surface area (TPSA) is 46.5 Å². The Labute approximate surface area is 123 Å². The molecule has 1 N–H and O–H groups in total. The van der Waals surface area contributed by atoms with Crippen molar-refractivity contribution in [2.75, 3.05) is 6.61 Å². The number of carbonyl (C=O) groups excluding carboxylic acids is 1. The molecule has 0 aliphatic heterocycles. The number of alkyl halides is 1. The average Bonchev–Trinajstić information content (AvgIpc) is 2.48. The van der Waals surface area contributed by atoms with Crippen molar-refractivity contribution in [3.8, 4) is 0 Å². The highest BCUT2D eigenvalue weighted by atomic mass is 19.1. The van der Waals surface area contributed by atoms with Gasteiger partial charge in [-0.05, 0) is 35.4 Å². The third kappa shape index (κ3) is 3.89. The van der Waals surface area contributed by atoms with Gasteiger partial charge in [0.15, 0.2) is 6.17 Å². The summed E-state index contributed by atoms with van der Waals surface area (Å²) in [5, 5.41) is 10.2. The summed E-state index contributed by atoms with van der Waals surface area (Å²) in [7, 11) is 0. The molecule has 0 heterocycles. The predicted molar refractivity (Wildman–Crippen MR) is 79.2 cm³/mol. The summed E-state index contributed by atoms with van der Waals surface area (Å²) in [5.74, 6) is -0.422. The molecule has 3 nitrogen and oxygen atoms in total. The fourth-order valence-electron chi connectivity index (χ4n) is 2.03. The van der Waals surface area contributed by atoms with Gasteiger partial charge in [-0.3, -0.25) is 4.79 Å². The van der Waals surface area contributed by atoms with Gasteiger partial charge in [0.05, 0.1) is 0 Å². The molecular weight excluding hydrogens is 271 g/mol. The number of hydrogen-bond acceptors (Lipinski definition) is 3. The number of aliphatic hydroxyl groups is 1. The molecule has 0 fully saturated rings. The van der Waals surface area contributed by atoms with E-state index in [-0.39, 0.29) is 6.61 Å². The number of halogens is 1. The van der Waals surface area contributed by atoms with Crippen LogP contribution in [0.25, 0.3) is 5.57 Å². The summed E-state index contributed by atoms with van der Waals surface area (Å²) >= 11 is 0. The summed E-state index contributed by atoms with van der Waals surface area (Å²) in [5.41, 5.74) is -0.0955. The molecule has 0 aromatic heterocycles. The van der Waals surface area contributed by atoms with Gasteiger partial charge in [0.2, 0.25) is 0 Å². The van der Waals surface area contributed by atoms with Crippen molar-refractivity contribution in [2.24, 2.45) is 0 Å². The largest absolute Gasteiger partial charge is 0.462 e. The van der Waals surface area contributed by atoms with Crippen LogP contribution in [0.1, 0.15) is 12.5 Å². The zero-order valence-corrected chi connectivity index (χ0v) is 11.7. The number of carbonyl (C=O) groups is 1. The van der Waals surface area contributed by atoms with Crippen LogP contribution in [0.15, 0.2) is 60.7 Å². The number of rotatable bonds is 4. The Bertz CT molecular complexity index is 589. The number of ether oxygens (including phenoxy) is 1. The van der Waals surface area contributed by atoms with E-state index in [9.17, 15) is 14.3 Å². The van der Waals surface area contributed by atoms with E-state index >= 15 is 0 Å². The molecule has 0 spiro atoms. The summed E-state index contributed by atoms with van der Waals surface area (Å²) in [6.07, 6.45) is 5.64. The Morgan fingerprint density at radius 2 is 2.14 bits per heavy atom. The van der Waals surface area contributed by atoms with Gasteiger partial charge in [-0.15, -0.1) is 0 Å². The van der Waals surface area contributed by atoms with Gasteiger partial charge >= 0.3 is 5.97 Å². The summed E-state index contributed by atoms with van der Waals surface area (Å²) in [6.45, 7) is 1.29. The van der Waals surface area contributed by atoms with Crippen molar-refractivity contribution in [1.29, 1.82) is 0 Å². The minimum atomic E-state index is -1.71. The van der Waals surface area contributed by atoms with Crippen LogP contribution in [0.2, 0.25) is 0 Å². The summed E-state index contributed by atoms with van der Waals surface area (Å²) in [4.78, 5) is 10.6. The standard InChI is InChI=1S/C17H17FO3/c1-13(19)21-11-5-9-17(20)10-8-15(12-16(17)18)14-6-3-2-4-7-14/h2-10,12,16,20H,11H2,1H3. The molecule has 1 aromatic carbocycles. The first kappa shape index (κ1) is 15.2. The van der Waals surface area contributed by atoms with Crippen molar-refractivity contribution in [3.05, 3.63) is 66.3 Å². The number of hydrogen-bond donors (Lipinski definition) is 1. The van der Waals surface area contributed by atoms with Crippen LogP contribution in [-0.4, -0.2) is 29.5 Å². The van der Waals surface area contributed by atoms with Crippen molar-refractivity contribution < 1.29 is 19.0 Å². The van der Waals surface area contributed by atoms with Crippen LogP contribution in [0, 0.1) is 0 Å². The van der Waals surface area contributed by atoms with Crippen molar-refractivity contribution in [2.45, 2.75) is 18.7 Å². The molecule has 0 bridgehead atoms. The highest BCUT2D eigenvalue weighted by Crippen LogP contribution is 2.30. The van der Waals surface area contributed by atoms with Gasteiger partial charge in [0, 0.05) is 6.92 Å². The van der Waals surface area contributed by atoms with E-state index in [2.05, 4.69) is 0 Å². The maximum absolute atomic E-state index is 14.2. The lowest BCUT2D eigenvalue weighted by atomic mass is 9.87. The Balaban J connectivity index is 2.08. The molecule has 1 aliphatic carbocycles. The lowest BCUT2D eigenvalue weighted by Gasteiger charge is -2.27. The molecule has 2 atom stereocenters. The number of esters is 1. The molecule has 2 rings (SSSR count). The zero-order valence-electron chi connectivity index (χ0n) is 11.7. The fourth-order valence-corrected chi connectivity index (χ4v) is 2.03. The molecule has 0 saturated carbocycles. The maximum atomic E-state index is 14.2. The van der Waals surface area contributed by atoms with Gasteiger partial charge in [-0.1, -0.05) is 36.4 Å². The highest BCUT2D eigenvalue weighted by molar-refractivity contribution is 5.76. The molecule has 4 heteroatoms. The number of allylic oxidation sites excluding steroid dienone is 2. The second-order valence-electron chi connectivity index (χ2n) is 4.82. The first-order valence-electron chi connectivity index (χ1n) is 6.65. The third-order valence-corrected chi connectivity index (χ3v) is 3.17. The molecule has 0 saturated heterocycles. The Kier molecular flexibility index (Phi) is 4.70. The Morgan fingerprint density at radius 1 is 1.43 bits per heavy atom. The number of benzene rings is 1. The maximum Gasteiger partial charge on any atom is 0.302 e. The molecule has 2 unspecified atom stereocenters. The van der Waals surface area contributed by atoms with Crippen LogP contribution < -0.4 is 0 Å². The summed E-state index contributed by atoms with van der Waals surface area (Å²) in [6, 6.07) is 9.39. The van der Waals surface area contributed by atoms with Crippen molar-refractivity contribution in [3.63, 3.8) is 0 Å². The van der Waals surface area contributed by atoms with Crippen LogP contribution in [0.4, 0.5) is 4.39 Å². The molecule has 0 radical (unpaired) electrons. The SMILES string of the molecule is CC(=O)OCC=CC1(O)C=CC(c2ccccc2)=CC1F. The van der Waals surface area contributed by atoms with Crippen molar-refractivity contribution >= 4 is 11.5 Å². The second-order valence-corrected chi connectivity index (χ2v) is 4.82. The van der Waals surface area contributed by atoms with E-state index in [1.54, 1.807) is 6.08 Å². The van der Waals surface area contributed by atoms with Gasteiger partial charge < -0.3 is 9.84 Å². The van der Waals surface area contributed by atoms with Gasteiger partial charge in [0.1, 0.15) is 12.2 Å². The average molecular weight is 288 g/mol. The summed E-state index contributed by atoms with van der Waals surface area (Å²) < 4.78 is 18.9. The monoisotopic (exact) mass is 288 g/mol. The lowest BCUT2D eigenvalue weighted by molar-refractivity contribution is -0.139. The molecule has 110 valence electrons. The van der Waals surface area contributed by atoms with E-state index in [1.807, 2.05) is 30.3 Å². The first-order chi connectivity index (χ1) is 10.0. The van der Waals surface area contributed by atoms with Gasteiger partial charge in [-0.25, -0.2) is 4.39 Å². The normalized spacial score (nSPS) is 24.9. The van der Waals surface area contributed by atoms with Crippen LogP contribution >= 0.6 is 0 Å². The van der Waals surface area contributed by atoms with E-state index in [4.69, 9.17) is 4.74 Å². The van der Waals surface area contributed by atoms with Gasteiger partial charge in [-0.2, -0.15) is 0 Å². The van der Waals surface area contributed by atoms with E-state index in [0.29, 0.717) is 0 Å². The Morgan fingerprint density at radius 3 is 2.76 bits per heavy atom. The molecule has 0 amide bonds. The van der Waals surface area contributed by atoms with Crippen molar-refractivity contribution in [1.82, 2.24) is 0 Å². The van der Waals surface area contributed by atoms with Crippen LogP contribution in [0.3, 0.4) is 0 Å². The minimum absolute atomic E-state index is 0.00740.